The molecule has 1 fully saturated rings. The molecule has 0 atom stereocenters. The first kappa shape index (κ1) is 18.9. The van der Waals surface area contributed by atoms with Crippen molar-refractivity contribution in [2.75, 3.05) is 7.11 Å². The van der Waals surface area contributed by atoms with Gasteiger partial charge in [0.15, 0.2) is 23.0 Å². The topological polar surface area (TPSA) is 78.6 Å². The molecule has 1 saturated carbocycles. The Morgan fingerprint density at radius 3 is 2.64 bits per heavy atom. The number of rotatable bonds is 6. The van der Waals surface area contributed by atoms with Crippen LogP contribution in [0.2, 0.25) is 0 Å². The average Bonchev–Trinajstić information content (AvgIpc) is 3.22. The molecule has 2 heterocycles. The zero-order valence-corrected chi connectivity index (χ0v) is 17.3. The minimum absolute atomic E-state index is 0.0683. The van der Waals surface area contributed by atoms with Crippen molar-refractivity contribution in [3.63, 3.8) is 0 Å². The number of aromatic nitrogens is 1. The fourth-order valence-electron chi connectivity index (χ4n) is 3.09. The fourth-order valence-corrected chi connectivity index (χ4v) is 4.15. The number of carbonyl (C=O) groups excluding carboxylic acids is 2. The number of oxazole rings is 1. The lowest BCUT2D eigenvalue weighted by Gasteiger charge is -2.19. The van der Waals surface area contributed by atoms with Crippen LogP contribution in [0.15, 0.2) is 16.5 Å². The number of hydrogen-bond acceptors (Lipinski definition) is 7. The van der Waals surface area contributed by atoms with E-state index in [2.05, 4.69) is 4.98 Å². The number of methoxy groups -OCH3 is 1. The van der Waals surface area contributed by atoms with Gasteiger partial charge in [-0.2, -0.15) is 0 Å². The number of hydrogen-bond donors (Lipinski definition) is 0. The molecule has 28 heavy (non-hydrogen) atoms. The van der Waals surface area contributed by atoms with Crippen LogP contribution in [0.4, 0.5) is 0 Å². The number of ether oxygens (including phenoxy) is 2. The van der Waals surface area contributed by atoms with Gasteiger partial charge in [0.05, 0.1) is 18.4 Å². The average molecular weight is 401 g/mol. The van der Waals surface area contributed by atoms with Gasteiger partial charge in [0.1, 0.15) is 11.1 Å². The van der Waals surface area contributed by atoms with E-state index in [-0.39, 0.29) is 24.6 Å². The number of esters is 1. The van der Waals surface area contributed by atoms with Crippen LogP contribution in [-0.2, 0) is 9.53 Å². The van der Waals surface area contributed by atoms with E-state index in [0.717, 1.165) is 34.3 Å². The van der Waals surface area contributed by atoms with E-state index >= 15 is 0 Å². The van der Waals surface area contributed by atoms with Gasteiger partial charge in [-0.3, -0.25) is 9.59 Å². The molecule has 1 aromatic carbocycles. The number of Topliss-reactive ketones (excluding diaryl/α,β-unsaturated/α-hetero) is 1. The van der Waals surface area contributed by atoms with Gasteiger partial charge < -0.3 is 13.9 Å². The Morgan fingerprint density at radius 1 is 1.25 bits per heavy atom. The molecule has 3 aromatic rings. The van der Waals surface area contributed by atoms with Gasteiger partial charge in [0.2, 0.25) is 0 Å². The summed E-state index contributed by atoms with van der Waals surface area (Å²) in [5.41, 5.74) is 0.813. The SMILES string of the molecule is COc1cc2sc(C(=O)CCC(=O)OC(C)(C)C)cc2c2nc(C3CC3)oc12. The summed E-state index contributed by atoms with van der Waals surface area (Å²) in [5.74, 6) is 1.31. The van der Waals surface area contributed by atoms with Crippen molar-refractivity contribution in [3.05, 3.63) is 22.9 Å². The maximum absolute atomic E-state index is 12.6. The highest BCUT2D eigenvalue weighted by Gasteiger charge is 2.30. The van der Waals surface area contributed by atoms with Gasteiger partial charge >= 0.3 is 5.97 Å². The van der Waals surface area contributed by atoms with Gasteiger partial charge in [-0.15, -0.1) is 11.3 Å². The van der Waals surface area contributed by atoms with Crippen LogP contribution in [0.5, 0.6) is 5.75 Å². The Balaban J connectivity index is 1.61. The third kappa shape index (κ3) is 3.76. The highest BCUT2D eigenvalue weighted by Crippen LogP contribution is 2.44. The fraction of sp³-hybridized carbons (Fsp3) is 0.476. The summed E-state index contributed by atoms with van der Waals surface area (Å²) in [6.45, 7) is 5.43. The smallest absolute Gasteiger partial charge is 0.306 e. The Morgan fingerprint density at radius 2 is 2.00 bits per heavy atom. The van der Waals surface area contributed by atoms with Gasteiger partial charge in [-0.05, 0) is 39.7 Å². The predicted molar refractivity (Wildman–Crippen MR) is 107 cm³/mol. The predicted octanol–water partition coefficient (Wildman–Crippen LogP) is 5.23. The van der Waals surface area contributed by atoms with Gasteiger partial charge in [-0.1, -0.05) is 0 Å². The van der Waals surface area contributed by atoms with E-state index in [1.54, 1.807) is 7.11 Å². The third-order valence-corrected chi connectivity index (χ3v) is 5.67. The Hall–Kier alpha value is -2.41. The molecule has 0 bridgehead atoms. The number of ketones is 1. The number of nitrogens with zero attached hydrogens (tertiary/aromatic N) is 1. The van der Waals surface area contributed by atoms with E-state index in [9.17, 15) is 9.59 Å². The minimum Gasteiger partial charge on any atom is -0.493 e. The van der Waals surface area contributed by atoms with Crippen LogP contribution in [0.1, 0.15) is 67.9 Å². The summed E-state index contributed by atoms with van der Waals surface area (Å²) >= 11 is 1.38. The molecular formula is C21H23NO5S. The highest BCUT2D eigenvalue weighted by atomic mass is 32.1. The Labute approximate surface area is 166 Å². The molecule has 0 unspecified atom stereocenters. The van der Waals surface area contributed by atoms with Gasteiger partial charge in [-0.25, -0.2) is 4.98 Å². The van der Waals surface area contributed by atoms with E-state index in [0.29, 0.717) is 22.1 Å². The highest BCUT2D eigenvalue weighted by molar-refractivity contribution is 7.21. The molecule has 4 rings (SSSR count). The van der Waals surface area contributed by atoms with Crippen LogP contribution in [0, 0.1) is 0 Å². The van der Waals surface area contributed by atoms with E-state index in [1.165, 1.54) is 11.3 Å². The van der Waals surface area contributed by atoms with Crippen molar-refractivity contribution in [1.82, 2.24) is 4.98 Å². The lowest BCUT2D eigenvalue weighted by Crippen LogP contribution is -2.24. The Bertz CT molecular complexity index is 1070. The summed E-state index contributed by atoms with van der Waals surface area (Å²) in [4.78, 5) is 29.8. The van der Waals surface area contributed by atoms with Crippen molar-refractivity contribution in [2.45, 2.75) is 58.0 Å². The second-order valence-electron chi connectivity index (χ2n) is 8.12. The molecule has 0 aliphatic heterocycles. The van der Waals surface area contributed by atoms with Crippen LogP contribution < -0.4 is 4.74 Å². The molecule has 148 valence electrons. The third-order valence-electron chi connectivity index (χ3n) is 4.54. The number of benzene rings is 1. The molecule has 0 saturated heterocycles. The lowest BCUT2D eigenvalue weighted by molar-refractivity contribution is -0.154. The molecular weight excluding hydrogens is 378 g/mol. The monoisotopic (exact) mass is 401 g/mol. The first-order chi connectivity index (χ1) is 13.2. The van der Waals surface area contributed by atoms with Crippen LogP contribution in [-0.4, -0.2) is 29.4 Å². The molecule has 0 amide bonds. The second-order valence-corrected chi connectivity index (χ2v) is 9.20. The van der Waals surface area contributed by atoms with Crippen LogP contribution >= 0.6 is 11.3 Å². The summed E-state index contributed by atoms with van der Waals surface area (Å²) in [5, 5.41) is 0.886. The minimum atomic E-state index is -0.549. The van der Waals surface area contributed by atoms with E-state index in [4.69, 9.17) is 13.9 Å². The summed E-state index contributed by atoms with van der Waals surface area (Å²) in [6, 6.07) is 3.73. The standard InChI is InChI=1S/C21H23NO5S/c1-21(2,3)27-17(24)8-7-13(23)16-9-12-15(28-16)10-14(25-4)19-18(12)22-20(26-19)11-5-6-11/h9-11H,5-8H2,1-4H3. The molecule has 0 radical (unpaired) electrons. The largest absolute Gasteiger partial charge is 0.493 e. The van der Waals surface area contributed by atoms with Gasteiger partial charge in [0.25, 0.3) is 0 Å². The summed E-state index contributed by atoms with van der Waals surface area (Å²) in [6.07, 6.45) is 2.37. The van der Waals surface area contributed by atoms with Crippen molar-refractivity contribution in [2.24, 2.45) is 0 Å². The maximum atomic E-state index is 12.6. The normalized spacial score (nSPS) is 14.6. The summed E-state index contributed by atoms with van der Waals surface area (Å²) in [7, 11) is 1.60. The number of fused-ring (bicyclic) bond motifs is 3. The second kappa shape index (κ2) is 6.88. The molecule has 2 aromatic heterocycles. The lowest BCUT2D eigenvalue weighted by atomic mass is 10.1. The molecule has 0 N–H and O–H groups in total. The van der Waals surface area contributed by atoms with E-state index < -0.39 is 5.60 Å². The molecule has 1 aliphatic carbocycles. The van der Waals surface area contributed by atoms with Crippen molar-refractivity contribution < 1.29 is 23.5 Å². The van der Waals surface area contributed by atoms with Crippen molar-refractivity contribution in [3.8, 4) is 5.75 Å². The van der Waals surface area contributed by atoms with Crippen LogP contribution in [0.25, 0.3) is 21.2 Å². The molecule has 7 heteroatoms. The van der Waals surface area contributed by atoms with Crippen LogP contribution in [0.3, 0.4) is 0 Å². The quantitative estimate of drug-likeness (QED) is 0.415. The van der Waals surface area contributed by atoms with Crippen molar-refractivity contribution in [1.29, 1.82) is 0 Å². The molecule has 0 spiro atoms. The van der Waals surface area contributed by atoms with Crippen molar-refractivity contribution >= 4 is 44.3 Å². The van der Waals surface area contributed by atoms with Gasteiger partial charge in [0, 0.05) is 28.5 Å². The number of thiophene rings is 1. The summed E-state index contributed by atoms with van der Waals surface area (Å²) < 4.78 is 17.6. The first-order valence-electron chi connectivity index (χ1n) is 9.41. The molecule has 6 nitrogen and oxygen atoms in total. The van der Waals surface area contributed by atoms with E-state index in [1.807, 2.05) is 32.9 Å². The Kier molecular flexibility index (Phi) is 4.65. The maximum Gasteiger partial charge on any atom is 0.306 e. The zero-order valence-electron chi connectivity index (χ0n) is 16.5. The molecule has 1 aliphatic rings. The zero-order chi connectivity index (χ0) is 20.1. The first-order valence-corrected chi connectivity index (χ1v) is 10.2. The number of carbonyl (C=O) groups is 2.